The minimum Gasteiger partial charge on any atom is -0.270 e. The topological polar surface area (TPSA) is 21.7 Å². The Balaban J connectivity index is 2.03. The van der Waals surface area contributed by atoms with Crippen LogP contribution >= 0.6 is 0 Å². The van der Waals surface area contributed by atoms with Crippen molar-refractivity contribution in [1.29, 1.82) is 0 Å². The van der Waals surface area contributed by atoms with Gasteiger partial charge >= 0.3 is 5.65 Å². The van der Waals surface area contributed by atoms with Gasteiger partial charge in [-0.15, -0.1) is 0 Å². The summed E-state index contributed by atoms with van der Waals surface area (Å²) in [5.41, 5.74) is 9.92. The Labute approximate surface area is 180 Å². The van der Waals surface area contributed by atoms with Crippen LogP contribution in [0.25, 0.3) is 28.1 Å². The molecule has 0 aliphatic carbocycles. The van der Waals surface area contributed by atoms with Crippen molar-refractivity contribution in [2.45, 2.75) is 53.4 Å². The van der Waals surface area contributed by atoms with Gasteiger partial charge in [0, 0.05) is 12.5 Å². The second-order valence-electron chi connectivity index (χ2n) is 8.89. The maximum atomic E-state index is 5.03. The van der Waals surface area contributed by atoms with E-state index in [0.717, 1.165) is 17.0 Å². The molecule has 0 fully saturated rings. The third kappa shape index (κ3) is 3.23. The number of benzene rings is 2. The van der Waals surface area contributed by atoms with Crippen molar-refractivity contribution in [3.63, 3.8) is 0 Å². The zero-order valence-corrected chi connectivity index (χ0v) is 19.2. The van der Waals surface area contributed by atoms with Crippen LogP contribution in [-0.4, -0.2) is 9.55 Å². The molecule has 0 radical (unpaired) electrons. The van der Waals surface area contributed by atoms with Crippen molar-refractivity contribution in [2.24, 2.45) is 7.05 Å². The van der Waals surface area contributed by atoms with E-state index in [1.807, 2.05) is 0 Å². The van der Waals surface area contributed by atoms with Crippen LogP contribution in [0.5, 0.6) is 0 Å². The van der Waals surface area contributed by atoms with Crippen molar-refractivity contribution in [2.75, 3.05) is 0 Å². The zero-order valence-electron chi connectivity index (χ0n) is 19.2. The fourth-order valence-electron chi connectivity index (χ4n) is 4.50. The molecular weight excluding hydrogens is 366 g/mol. The average molecular weight is 399 g/mol. The summed E-state index contributed by atoms with van der Waals surface area (Å²) in [7, 11) is 2.12. The molecule has 0 amide bonds. The number of nitrogens with zero attached hydrogens (tertiary/aromatic N) is 3. The number of hydrogen-bond donors (Lipinski definition) is 0. The fourth-order valence-corrected chi connectivity index (χ4v) is 4.50. The number of aryl methyl sites for hydroxylation is 3. The van der Waals surface area contributed by atoms with E-state index in [2.05, 4.69) is 112 Å². The minimum atomic E-state index is 0.440. The van der Waals surface area contributed by atoms with Crippen LogP contribution in [0.15, 0.2) is 54.6 Å². The molecule has 0 spiro atoms. The predicted octanol–water partition coefficient (Wildman–Crippen LogP) is 6.38. The molecule has 0 aliphatic heterocycles. The molecule has 3 heteroatoms. The van der Waals surface area contributed by atoms with E-state index < -0.39 is 0 Å². The molecule has 3 nitrogen and oxygen atoms in total. The van der Waals surface area contributed by atoms with Crippen molar-refractivity contribution in [3.8, 4) is 16.9 Å². The van der Waals surface area contributed by atoms with E-state index in [1.165, 1.54) is 33.6 Å². The highest BCUT2D eigenvalue weighted by molar-refractivity contribution is 5.76. The molecule has 2 heterocycles. The van der Waals surface area contributed by atoms with Crippen LogP contribution in [0.4, 0.5) is 0 Å². The lowest BCUT2D eigenvalue weighted by Crippen LogP contribution is -2.32. The Morgan fingerprint density at radius 2 is 1.43 bits per heavy atom. The van der Waals surface area contributed by atoms with Gasteiger partial charge < -0.3 is 0 Å². The Morgan fingerprint density at radius 3 is 2.03 bits per heavy atom. The summed E-state index contributed by atoms with van der Waals surface area (Å²) < 4.78 is 4.59. The van der Waals surface area contributed by atoms with Crippen molar-refractivity contribution < 1.29 is 4.57 Å². The molecule has 0 saturated heterocycles. The number of hydrogen-bond acceptors (Lipinski definition) is 1. The standard InChI is InChI=1S/C27H32N3/c1-17(2)21-13-10-14-22(18(3)4)26(21)30-20(6)28-27-25(30)16-15-24(29(27)7)23-12-9-8-11-19(23)5/h8-18H,1-7H3/q+1. The molecular formula is C27H32N3+. The van der Waals surface area contributed by atoms with Gasteiger partial charge in [-0.1, -0.05) is 70.2 Å². The largest absolute Gasteiger partial charge is 0.349 e. The van der Waals surface area contributed by atoms with Crippen molar-refractivity contribution in [1.82, 2.24) is 9.55 Å². The summed E-state index contributed by atoms with van der Waals surface area (Å²) in [6, 6.07) is 19.7. The van der Waals surface area contributed by atoms with Gasteiger partial charge in [-0.25, -0.2) is 4.57 Å². The highest BCUT2D eigenvalue weighted by atomic mass is 15.2. The summed E-state index contributed by atoms with van der Waals surface area (Å²) >= 11 is 0. The number of para-hydroxylation sites is 1. The van der Waals surface area contributed by atoms with Gasteiger partial charge in [0.15, 0.2) is 0 Å². The Bertz CT molecular complexity index is 1200. The molecule has 0 atom stereocenters. The number of imidazole rings is 1. The number of rotatable bonds is 4. The van der Waals surface area contributed by atoms with Crippen LogP contribution < -0.4 is 4.57 Å². The second-order valence-corrected chi connectivity index (χ2v) is 8.89. The molecule has 0 unspecified atom stereocenters. The van der Waals surface area contributed by atoms with E-state index in [1.54, 1.807) is 0 Å². The molecule has 4 aromatic rings. The Hall–Kier alpha value is -2.94. The Morgan fingerprint density at radius 1 is 0.800 bits per heavy atom. The number of fused-ring (bicyclic) bond motifs is 1. The molecule has 0 N–H and O–H groups in total. The lowest BCUT2D eigenvalue weighted by Gasteiger charge is -2.20. The normalized spacial score (nSPS) is 11.8. The van der Waals surface area contributed by atoms with Crippen molar-refractivity contribution >= 4 is 11.2 Å². The first kappa shape index (κ1) is 20.3. The molecule has 0 aliphatic rings. The third-order valence-corrected chi connectivity index (χ3v) is 6.13. The van der Waals surface area contributed by atoms with Crippen LogP contribution in [0.2, 0.25) is 0 Å². The molecule has 0 saturated carbocycles. The molecule has 2 aromatic heterocycles. The van der Waals surface area contributed by atoms with Gasteiger partial charge in [-0.3, -0.25) is 4.57 Å². The molecule has 4 rings (SSSR count). The van der Waals surface area contributed by atoms with Crippen molar-refractivity contribution in [3.05, 3.63) is 77.1 Å². The number of pyridine rings is 1. The van der Waals surface area contributed by atoms with E-state index >= 15 is 0 Å². The van der Waals surface area contributed by atoms with E-state index in [0.29, 0.717) is 11.8 Å². The van der Waals surface area contributed by atoms with Gasteiger partial charge in [0.25, 0.3) is 0 Å². The van der Waals surface area contributed by atoms with E-state index in [4.69, 9.17) is 4.98 Å². The fraction of sp³-hybridized carbons (Fsp3) is 0.333. The predicted molar refractivity (Wildman–Crippen MR) is 125 cm³/mol. The maximum absolute atomic E-state index is 5.03. The summed E-state index contributed by atoms with van der Waals surface area (Å²) in [6.45, 7) is 13.4. The smallest absolute Gasteiger partial charge is 0.270 e. The van der Waals surface area contributed by atoms with Crippen LogP contribution in [0.3, 0.4) is 0 Å². The summed E-state index contributed by atoms with van der Waals surface area (Å²) in [6.07, 6.45) is 0. The first-order valence-corrected chi connectivity index (χ1v) is 10.9. The lowest BCUT2D eigenvalue weighted by atomic mass is 9.92. The first-order chi connectivity index (χ1) is 14.3. The molecule has 2 aromatic carbocycles. The van der Waals surface area contributed by atoms with Crippen LogP contribution in [0, 0.1) is 13.8 Å². The maximum Gasteiger partial charge on any atom is 0.349 e. The average Bonchev–Trinajstić information content (AvgIpc) is 3.05. The van der Waals surface area contributed by atoms with Crippen LogP contribution in [0.1, 0.15) is 62.0 Å². The van der Waals surface area contributed by atoms with Gasteiger partial charge in [-0.05, 0) is 52.6 Å². The van der Waals surface area contributed by atoms with Gasteiger partial charge in [0.2, 0.25) is 5.82 Å². The van der Waals surface area contributed by atoms with E-state index in [-0.39, 0.29) is 0 Å². The van der Waals surface area contributed by atoms with Crippen LogP contribution in [-0.2, 0) is 7.05 Å². The summed E-state index contributed by atoms with van der Waals surface area (Å²) in [5.74, 6) is 1.91. The zero-order chi connectivity index (χ0) is 21.6. The first-order valence-electron chi connectivity index (χ1n) is 10.9. The van der Waals surface area contributed by atoms with E-state index in [9.17, 15) is 0 Å². The van der Waals surface area contributed by atoms with Gasteiger partial charge in [0.1, 0.15) is 11.2 Å². The quantitative estimate of drug-likeness (QED) is 0.366. The summed E-state index contributed by atoms with van der Waals surface area (Å²) in [4.78, 5) is 5.03. The Kier molecular flexibility index (Phi) is 5.23. The van der Waals surface area contributed by atoms with Gasteiger partial charge in [0.05, 0.1) is 12.7 Å². The minimum absolute atomic E-state index is 0.440. The highest BCUT2D eigenvalue weighted by Gasteiger charge is 2.26. The monoisotopic (exact) mass is 398 g/mol. The molecule has 154 valence electrons. The lowest BCUT2D eigenvalue weighted by molar-refractivity contribution is -0.635. The highest BCUT2D eigenvalue weighted by Crippen LogP contribution is 2.34. The molecule has 30 heavy (non-hydrogen) atoms. The summed E-state index contributed by atoms with van der Waals surface area (Å²) in [5, 5.41) is 0. The molecule has 0 bridgehead atoms. The second kappa shape index (κ2) is 7.71. The number of aromatic nitrogens is 3. The third-order valence-electron chi connectivity index (χ3n) is 6.13. The SMILES string of the molecule is Cc1ccccc1-c1ccc2c(nc(C)n2-c2c(C(C)C)cccc2C(C)C)[n+]1C. The van der Waals surface area contributed by atoms with Gasteiger partial charge in [-0.2, -0.15) is 0 Å².